The van der Waals surface area contributed by atoms with Crippen LogP contribution in [0.4, 0.5) is 4.39 Å². The van der Waals surface area contributed by atoms with Crippen LogP contribution in [-0.4, -0.2) is 10.8 Å². The second-order valence-corrected chi connectivity index (χ2v) is 1.83. The molecule has 1 aromatic heterocycles. The Balaban J connectivity index is 2.88. The maximum absolute atomic E-state index is 11.8. The van der Waals surface area contributed by atoms with Gasteiger partial charge in [0.25, 0.3) is 5.89 Å². The molecule has 0 spiro atoms. The first-order valence-corrected chi connectivity index (χ1v) is 2.75. The van der Waals surface area contributed by atoms with Crippen molar-refractivity contribution >= 4 is 5.78 Å². The van der Waals surface area contributed by atoms with Crippen LogP contribution in [0, 0.1) is 0 Å². The molecule has 0 aromatic carbocycles. The number of alkyl halides is 1. The lowest BCUT2D eigenvalue weighted by Gasteiger charge is -1.79. The fourth-order valence-corrected chi connectivity index (χ4v) is 0.530. The number of halogens is 1. The van der Waals surface area contributed by atoms with E-state index in [1.165, 1.54) is 6.92 Å². The summed E-state index contributed by atoms with van der Waals surface area (Å²) in [5.41, 5.74) is 0.158. The lowest BCUT2D eigenvalue weighted by molar-refractivity contribution is 0.0980. The van der Waals surface area contributed by atoms with Crippen LogP contribution in [0.1, 0.15) is 23.3 Å². The third kappa shape index (κ3) is 1.21. The van der Waals surface area contributed by atoms with Crippen LogP contribution >= 0.6 is 0 Å². The predicted molar refractivity (Wildman–Crippen MR) is 31.3 cm³/mol. The van der Waals surface area contributed by atoms with Gasteiger partial charge in [0, 0.05) is 6.92 Å². The van der Waals surface area contributed by atoms with Crippen molar-refractivity contribution in [1.29, 1.82) is 0 Å². The van der Waals surface area contributed by atoms with Crippen LogP contribution in [-0.2, 0) is 6.67 Å². The van der Waals surface area contributed by atoms with Gasteiger partial charge < -0.3 is 4.42 Å². The molecule has 0 saturated heterocycles. The van der Waals surface area contributed by atoms with E-state index in [0.29, 0.717) is 0 Å². The molecule has 0 bridgehead atoms. The minimum absolute atomic E-state index is 0.0346. The number of nitrogens with zero attached hydrogens (tertiary/aromatic N) is 1. The maximum Gasteiger partial charge on any atom is 0.263 e. The summed E-state index contributed by atoms with van der Waals surface area (Å²) in [6, 6.07) is 0. The van der Waals surface area contributed by atoms with Crippen molar-refractivity contribution in [2.75, 3.05) is 0 Å². The SMILES string of the molecule is CC(=O)c1nc(CF)co1. The molecule has 0 aliphatic heterocycles. The average molecular weight is 143 g/mol. The largest absolute Gasteiger partial charge is 0.442 e. The van der Waals surface area contributed by atoms with Crippen molar-refractivity contribution in [3.05, 3.63) is 17.8 Å². The Kier molecular flexibility index (Phi) is 1.80. The molecule has 0 amide bonds. The molecule has 10 heavy (non-hydrogen) atoms. The van der Waals surface area contributed by atoms with Crippen LogP contribution in [0.25, 0.3) is 0 Å². The quantitative estimate of drug-likeness (QED) is 0.587. The minimum Gasteiger partial charge on any atom is -0.442 e. The van der Waals surface area contributed by atoms with Gasteiger partial charge in [-0.25, -0.2) is 9.37 Å². The molecule has 3 nitrogen and oxygen atoms in total. The molecule has 1 heterocycles. The summed E-state index contributed by atoms with van der Waals surface area (Å²) < 4.78 is 16.4. The number of rotatable bonds is 2. The number of hydrogen-bond acceptors (Lipinski definition) is 3. The molecule has 54 valence electrons. The molecule has 0 radical (unpaired) electrons. The summed E-state index contributed by atoms with van der Waals surface area (Å²) >= 11 is 0. The lowest BCUT2D eigenvalue weighted by Crippen LogP contribution is -1.91. The molecule has 1 aromatic rings. The summed E-state index contributed by atoms with van der Waals surface area (Å²) in [4.78, 5) is 14.0. The summed E-state index contributed by atoms with van der Waals surface area (Å²) in [5.74, 6) is -0.327. The van der Waals surface area contributed by atoms with Gasteiger partial charge in [0.05, 0.1) is 0 Å². The van der Waals surface area contributed by atoms with E-state index in [1.807, 2.05) is 0 Å². The Bertz CT molecular complexity index is 244. The molecule has 0 unspecified atom stereocenters. The van der Waals surface area contributed by atoms with E-state index in [2.05, 4.69) is 9.40 Å². The highest BCUT2D eigenvalue weighted by molar-refractivity contribution is 5.89. The number of aromatic nitrogens is 1. The molecule has 0 aliphatic rings. The smallest absolute Gasteiger partial charge is 0.263 e. The molecular formula is C6H6FNO2. The van der Waals surface area contributed by atoms with Crippen LogP contribution in [0.5, 0.6) is 0 Å². The highest BCUT2D eigenvalue weighted by atomic mass is 19.1. The Morgan fingerprint density at radius 3 is 2.90 bits per heavy atom. The normalized spacial score (nSPS) is 9.80. The first-order chi connectivity index (χ1) is 4.74. The first-order valence-electron chi connectivity index (χ1n) is 2.75. The van der Waals surface area contributed by atoms with E-state index in [0.717, 1.165) is 6.26 Å². The molecular weight excluding hydrogens is 137 g/mol. The molecule has 0 N–H and O–H groups in total. The van der Waals surface area contributed by atoms with Gasteiger partial charge >= 0.3 is 0 Å². The van der Waals surface area contributed by atoms with E-state index < -0.39 is 6.67 Å². The van der Waals surface area contributed by atoms with Gasteiger partial charge in [-0.1, -0.05) is 0 Å². The number of carbonyl (C=O) groups excluding carboxylic acids is 1. The Hall–Kier alpha value is -1.19. The van der Waals surface area contributed by atoms with Crippen molar-refractivity contribution in [2.24, 2.45) is 0 Å². The van der Waals surface area contributed by atoms with Gasteiger partial charge in [0.15, 0.2) is 0 Å². The van der Waals surface area contributed by atoms with Crippen LogP contribution < -0.4 is 0 Å². The fourth-order valence-electron chi connectivity index (χ4n) is 0.530. The Labute approximate surface area is 56.9 Å². The zero-order chi connectivity index (χ0) is 7.56. The molecule has 4 heteroatoms. The zero-order valence-corrected chi connectivity index (χ0v) is 5.43. The van der Waals surface area contributed by atoms with Crippen LogP contribution in [0.15, 0.2) is 10.7 Å². The van der Waals surface area contributed by atoms with Crippen molar-refractivity contribution < 1.29 is 13.6 Å². The van der Waals surface area contributed by atoms with Crippen LogP contribution in [0.3, 0.4) is 0 Å². The van der Waals surface area contributed by atoms with Crippen molar-refractivity contribution in [1.82, 2.24) is 4.98 Å². The average Bonchev–Trinajstić information content (AvgIpc) is 2.34. The highest BCUT2D eigenvalue weighted by Crippen LogP contribution is 2.03. The third-order valence-corrected chi connectivity index (χ3v) is 0.990. The number of ketones is 1. The van der Waals surface area contributed by atoms with Gasteiger partial charge in [-0.15, -0.1) is 0 Å². The maximum atomic E-state index is 11.8. The van der Waals surface area contributed by atoms with E-state index in [9.17, 15) is 9.18 Å². The highest BCUT2D eigenvalue weighted by Gasteiger charge is 2.06. The Morgan fingerprint density at radius 2 is 2.60 bits per heavy atom. The molecule has 0 aliphatic carbocycles. The number of Topliss-reactive ketones (excluding diaryl/α,β-unsaturated/α-hetero) is 1. The number of carbonyl (C=O) groups is 1. The zero-order valence-electron chi connectivity index (χ0n) is 5.43. The predicted octanol–water partition coefficient (Wildman–Crippen LogP) is 1.35. The molecule has 0 saturated carbocycles. The van der Waals surface area contributed by atoms with E-state index in [-0.39, 0.29) is 17.4 Å². The molecule has 1 rings (SSSR count). The van der Waals surface area contributed by atoms with E-state index in [1.54, 1.807) is 0 Å². The number of oxazole rings is 1. The van der Waals surface area contributed by atoms with Crippen molar-refractivity contribution in [3.8, 4) is 0 Å². The fraction of sp³-hybridized carbons (Fsp3) is 0.333. The first kappa shape index (κ1) is 6.92. The van der Waals surface area contributed by atoms with Crippen molar-refractivity contribution in [3.63, 3.8) is 0 Å². The number of hydrogen-bond donors (Lipinski definition) is 0. The van der Waals surface area contributed by atoms with Gasteiger partial charge in [0.1, 0.15) is 18.6 Å². The Morgan fingerprint density at radius 1 is 1.90 bits per heavy atom. The van der Waals surface area contributed by atoms with Gasteiger partial charge in [-0.05, 0) is 0 Å². The monoisotopic (exact) mass is 143 g/mol. The summed E-state index contributed by atoms with van der Waals surface area (Å²) in [7, 11) is 0. The third-order valence-electron chi connectivity index (χ3n) is 0.990. The van der Waals surface area contributed by atoms with Crippen LogP contribution in [0.2, 0.25) is 0 Å². The summed E-state index contributed by atoms with van der Waals surface area (Å²) in [6.45, 7) is 0.616. The van der Waals surface area contributed by atoms with E-state index in [4.69, 9.17) is 0 Å². The van der Waals surface area contributed by atoms with E-state index >= 15 is 0 Å². The topological polar surface area (TPSA) is 43.1 Å². The second kappa shape index (κ2) is 2.60. The summed E-state index contributed by atoms with van der Waals surface area (Å²) in [6.07, 6.45) is 1.14. The van der Waals surface area contributed by atoms with Gasteiger partial charge in [0.2, 0.25) is 5.78 Å². The molecule has 0 fully saturated rings. The minimum atomic E-state index is -0.698. The second-order valence-electron chi connectivity index (χ2n) is 1.83. The standard InChI is InChI=1S/C6H6FNO2/c1-4(9)6-8-5(2-7)3-10-6/h3H,2H2,1H3. The molecule has 0 atom stereocenters. The summed E-state index contributed by atoms with van der Waals surface area (Å²) in [5, 5.41) is 0. The lowest BCUT2D eigenvalue weighted by atomic mass is 10.4. The van der Waals surface area contributed by atoms with Gasteiger partial charge in [-0.3, -0.25) is 4.79 Å². The van der Waals surface area contributed by atoms with Crippen molar-refractivity contribution in [2.45, 2.75) is 13.6 Å². The van der Waals surface area contributed by atoms with Gasteiger partial charge in [-0.2, -0.15) is 0 Å².